The Morgan fingerprint density at radius 1 is 1.16 bits per heavy atom. The van der Waals surface area contributed by atoms with Crippen LogP contribution in [0, 0.1) is 18.2 Å². The van der Waals surface area contributed by atoms with E-state index >= 15 is 0 Å². The largest absolute Gasteiger partial charge is 0.469 e. The fraction of sp³-hybridized carbons (Fsp3) is 0.320. The number of methoxy groups -OCH3 is 1. The van der Waals surface area contributed by atoms with Crippen molar-refractivity contribution in [1.29, 1.82) is 0 Å². The number of ether oxygens (including phenoxy) is 1. The zero-order valence-corrected chi connectivity index (χ0v) is 21.9. The monoisotopic (exact) mass is 526 g/mol. The standard InChI is InChI=1S/C25H27FN6O4S/c1-15-6-8-16(9-7-15)37(34,35)32-13-18(17-11-27-14-29-24(17)32)22-28-12-19(26)23(31-22)30-20(25(2,3)4)10-21(33)36-5/h6-9,11-14,20H,10H2,1-5H3,(H,28,30,31). The molecule has 0 aliphatic heterocycles. The van der Waals surface area contributed by atoms with Crippen molar-refractivity contribution >= 4 is 32.8 Å². The van der Waals surface area contributed by atoms with Crippen LogP contribution in [0.2, 0.25) is 0 Å². The number of fused-ring (bicyclic) bond motifs is 1. The molecule has 0 aliphatic rings. The van der Waals surface area contributed by atoms with Gasteiger partial charge in [0.1, 0.15) is 6.33 Å². The maximum atomic E-state index is 14.8. The van der Waals surface area contributed by atoms with Gasteiger partial charge in [-0.3, -0.25) is 4.79 Å². The number of nitrogens with zero attached hydrogens (tertiary/aromatic N) is 5. The summed E-state index contributed by atoms with van der Waals surface area (Å²) in [5.74, 6) is -1.25. The average Bonchev–Trinajstić information content (AvgIpc) is 3.25. The van der Waals surface area contributed by atoms with Crippen LogP contribution in [0.3, 0.4) is 0 Å². The number of aromatic nitrogens is 5. The van der Waals surface area contributed by atoms with Gasteiger partial charge in [-0.1, -0.05) is 38.5 Å². The van der Waals surface area contributed by atoms with Crippen LogP contribution in [-0.4, -0.2) is 51.4 Å². The molecule has 10 nitrogen and oxygen atoms in total. The average molecular weight is 527 g/mol. The minimum absolute atomic E-state index is 0.0132. The van der Waals surface area contributed by atoms with E-state index in [1.165, 1.54) is 38.0 Å². The third kappa shape index (κ3) is 5.29. The first kappa shape index (κ1) is 26.1. The molecule has 4 rings (SSSR count). The van der Waals surface area contributed by atoms with Gasteiger partial charge in [0.2, 0.25) is 0 Å². The molecule has 0 aliphatic carbocycles. The van der Waals surface area contributed by atoms with E-state index in [1.807, 2.05) is 27.7 Å². The highest BCUT2D eigenvalue weighted by Gasteiger charge is 2.29. The quantitative estimate of drug-likeness (QED) is 0.356. The maximum absolute atomic E-state index is 14.8. The summed E-state index contributed by atoms with van der Waals surface area (Å²) >= 11 is 0. The van der Waals surface area contributed by atoms with Gasteiger partial charge in [0.15, 0.2) is 23.1 Å². The molecule has 37 heavy (non-hydrogen) atoms. The smallest absolute Gasteiger partial charge is 0.307 e. The lowest BCUT2D eigenvalue weighted by Crippen LogP contribution is -2.37. The summed E-state index contributed by atoms with van der Waals surface area (Å²) in [6, 6.07) is 5.93. The second-order valence-electron chi connectivity index (χ2n) is 9.65. The predicted molar refractivity (Wildman–Crippen MR) is 136 cm³/mol. The molecule has 0 spiro atoms. The molecule has 0 saturated carbocycles. The van der Waals surface area contributed by atoms with Crippen LogP contribution in [0.4, 0.5) is 10.2 Å². The number of rotatable bonds is 7. The minimum Gasteiger partial charge on any atom is -0.469 e. The highest BCUT2D eigenvalue weighted by Crippen LogP contribution is 2.32. The van der Waals surface area contributed by atoms with E-state index in [4.69, 9.17) is 4.74 Å². The Kier molecular flexibility index (Phi) is 6.96. The number of carbonyl (C=O) groups excluding carboxylic acids is 1. The van der Waals surface area contributed by atoms with E-state index < -0.39 is 33.3 Å². The van der Waals surface area contributed by atoms with Gasteiger partial charge in [-0.2, -0.15) is 0 Å². The highest BCUT2D eigenvalue weighted by molar-refractivity contribution is 7.90. The summed E-state index contributed by atoms with van der Waals surface area (Å²) in [6.45, 7) is 7.55. The molecule has 1 aromatic carbocycles. The predicted octanol–water partition coefficient (Wildman–Crippen LogP) is 3.96. The van der Waals surface area contributed by atoms with Crippen LogP contribution >= 0.6 is 0 Å². The van der Waals surface area contributed by atoms with Crippen molar-refractivity contribution in [3.63, 3.8) is 0 Å². The van der Waals surface area contributed by atoms with Gasteiger partial charge < -0.3 is 10.1 Å². The number of hydrogen-bond donors (Lipinski definition) is 1. The lowest BCUT2D eigenvalue weighted by Gasteiger charge is -2.31. The van der Waals surface area contributed by atoms with Crippen molar-refractivity contribution < 1.29 is 22.3 Å². The SMILES string of the molecule is COC(=O)CC(Nc1nc(-c2cn(S(=O)(=O)c3ccc(C)cc3)c3ncncc23)ncc1F)C(C)(C)C. The van der Waals surface area contributed by atoms with Crippen molar-refractivity contribution in [2.24, 2.45) is 5.41 Å². The summed E-state index contributed by atoms with van der Waals surface area (Å²) in [7, 11) is -2.73. The third-order valence-corrected chi connectivity index (χ3v) is 7.62. The van der Waals surface area contributed by atoms with Crippen molar-refractivity contribution in [3.8, 4) is 11.4 Å². The maximum Gasteiger partial charge on any atom is 0.307 e. The molecule has 194 valence electrons. The number of hydrogen-bond acceptors (Lipinski definition) is 9. The first-order chi connectivity index (χ1) is 17.4. The van der Waals surface area contributed by atoms with Crippen LogP contribution in [0.15, 0.2) is 54.1 Å². The normalized spacial score (nSPS) is 12.9. The summed E-state index contributed by atoms with van der Waals surface area (Å²) in [4.78, 5) is 28.7. The van der Waals surface area contributed by atoms with Gasteiger partial charge in [0.25, 0.3) is 10.0 Å². The van der Waals surface area contributed by atoms with Gasteiger partial charge in [0.05, 0.1) is 24.6 Å². The fourth-order valence-corrected chi connectivity index (χ4v) is 5.03. The van der Waals surface area contributed by atoms with Gasteiger partial charge in [0, 0.05) is 29.4 Å². The number of aryl methyl sites for hydroxylation is 1. The Labute approximate surface area is 214 Å². The zero-order chi connectivity index (χ0) is 27.0. The number of nitrogens with one attached hydrogen (secondary N) is 1. The van der Waals surface area contributed by atoms with Gasteiger partial charge in [-0.15, -0.1) is 0 Å². The number of carbonyl (C=O) groups is 1. The topological polar surface area (TPSA) is 129 Å². The van der Waals surface area contributed by atoms with Crippen molar-refractivity contribution in [2.45, 2.75) is 45.1 Å². The third-order valence-electron chi connectivity index (χ3n) is 5.95. The molecule has 1 N–H and O–H groups in total. The molecule has 12 heteroatoms. The molecule has 1 atom stereocenters. The molecular weight excluding hydrogens is 499 g/mol. The Balaban J connectivity index is 1.81. The van der Waals surface area contributed by atoms with E-state index in [1.54, 1.807) is 12.1 Å². The number of anilines is 1. The van der Waals surface area contributed by atoms with Gasteiger partial charge >= 0.3 is 5.97 Å². The van der Waals surface area contributed by atoms with E-state index in [0.717, 1.165) is 15.7 Å². The van der Waals surface area contributed by atoms with Crippen molar-refractivity contribution in [2.75, 3.05) is 12.4 Å². The Morgan fingerprint density at radius 2 is 1.86 bits per heavy atom. The Bertz CT molecular complexity index is 1560. The molecule has 0 bridgehead atoms. The van der Waals surface area contributed by atoms with E-state index in [-0.39, 0.29) is 28.6 Å². The van der Waals surface area contributed by atoms with Crippen molar-refractivity contribution in [1.82, 2.24) is 23.9 Å². The van der Waals surface area contributed by atoms with Crippen molar-refractivity contribution in [3.05, 3.63) is 60.6 Å². The number of benzene rings is 1. The second kappa shape index (κ2) is 9.85. The molecule has 3 aromatic heterocycles. The molecule has 0 amide bonds. The first-order valence-corrected chi connectivity index (χ1v) is 12.9. The summed E-state index contributed by atoms with van der Waals surface area (Å²) in [5, 5.41) is 3.37. The van der Waals surface area contributed by atoms with Crippen LogP contribution < -0.4 is 5.32 Å². The summed E-state index contributed by atoms with van der Waals surface area (Å²) < 4.78 is 47.5. The molecule has 4 aromatic rings. The van der Waals surface area contributed by atoms with Gasteiger partial charge in [-0.05, 0) is 24.5 Å². The van der Waals surface area contributed by atoms with Crippen LogP contribution in [-0.2, 0) is 19.6 Å². The second-order valence-corrected chi connectivity index (χ2v) is 11.5. The lowest BCUT2D eigenvalue weighted by atomic mass is 9.84. The molecule has 0 radical (unpaired) electrons. The molecule has 1 unspecified atom stereocenters. The zero-order valence-electron chi connectivity index (χ0n) is 21.1. The van der Waals surface area contributed by atoms with E-state index in [9.17, 15) is 17.6 Å². The lowest BCUT2D eigenvalue weighted by molar-refractivity contribution is -0.141. The van der Waals surface area contributed by atoms with E-state index in [0.29, 0.717) is 10.9 Å². The molecule has 0 saturated heterocycles. The first-order valence-electron chi connectivity index (χ1n) is 11.4. The molecular formula is C25H27FN6O4S. The number of esters is 1. The van der Waals surface area contributed by atoms with Crippen LogP contribution in [0.1, 0.15) is 32.8 Å². The number of halogens is 1. The van der Waals surface area contributed by atoms with E-state index in [2.05, 4.69) is 25.3 Å². The Hall–Kier alpha value is -3.93. The molecule has 0 fully saturated rings. The molecule has 3 heterocycles. The fourth-order valence-electron chi connectivity index (χ4n) is 3.71. The van der Waals surface area contributed by atoms with Crippen LogP contribution in [0.25, 0.3) is 22.4 Å². The van der Waals surface area contributed by atoms with Gasteiger partial charge in [-0.25, -0.2) is 36.7 Å². The minimum atomic E-state index is -4.01. The Morgan fingerprint density at radius 3 is 2.51 bits per heavy atom. The van der Waals surface area contributed by atoms with Crippen LogP contribution in [0.5, 0.6) is 0 Å². The summed E-state index contributed by atoms with van der Waals surface area (Å²) in [6.07, 6.45) is 5.02. The highest BCUT2D eigenvalue weighted by atomic mass is 32.2. The summed E-state index contributed by atoms with van der Waals surface area (Å²) in [5.41, 5.74) is 0.901.